The molecule has 2 saturated carbocycles. The average molecular weight is 1170 g/mol. The summed E-state index contributed by atoms with van der Waals surface area (Å²) in [6.45, 7) is 4.63. The molecule has 8 N–H and O–H groups in total. The number of ether oxygens (including phenoxy) is 4. The molecule has 8 heterocycles. The molecule has 6 aliphatic rings. The second-order valence-corrected chi connectivity index (χ2v) is 21.3. The van der Waals surface area contributed by atoms with Gasteiger partial charge in [-0.15, -0.1) is 10.2 Å². The van der Waals surface area contributed by atoms with E-state index < -0.39 is 12.2 Å². The molecule has 30 heteroatoms. The summed E-state index contributed by atoms with van der Waals surface area (Å²) in [6, 6.07) is 15.8. The molecule has 0 spiro atoms. The van der Waals surface area contributed by atoms with Crippen LogP contribution >= 0.6 is 23.2 Å². The maximum Gasteiger partial charge on any atom is 0.407 e. The normalized spacial score (nSPS) is 20.3. The molecule has 2 aromatic carbocycles. The summed E-state index contributed by atoms with van der Waals surface area (Å²) in [5, 5.41) is 74.5. The number of alkyl carbamates (subject to hydrolysis) is 2. The highest BCUT2D eigenvalue weighted by Crippen LogP contribution is 2.40. The smallest absolute Gasteiger partial charge is 0.407 e. The summed E-state index contributed by atoms with van der Waals surface area (Å²) in [7, 11) is 2.68. The zero-order valence-electron chi connectivity index (χ0n) is 44.4. The number of halogens is 2. The number of nitrogens with zero attached hydrogens (tertiary/aromatic N) is 14. The van der Waals surface area contributed by atoms with E-state index in [1.165, 1.54) is 35.6 Å². The van der Waals surface area contributed by atoms with Crippen LogP contribution in [0.3, 0.4) is 0 Å². The van der Waals surface area contributed by atoms with Crippen molar-refractivity contribution in [3.63, 3.8) is 0 Å². The number of nitrogens with one attached hydrogen (secondary N) is 8. The summed E-state index contributed by atoms with van der Waals surface area (Å²) < 4.78 is 23.2. The Balaban J connectivity index is 0.000000183. The number of imidazole rings is 2. The molecule has 0 radical (unpaired) electrons. The number of rotatable bonds is 16. The Bertz CT molecular complexity index is 3350. The zero-order valence-corrected chi connectivity index (χ0v) is 46.0. The van der Waals surface area contributed by atoms with E-state index in [0.717, 1.165) is 25.7 Å². The van der Waals surface area contributed by atoms with Crippen molar-refractivity contribution in [2.75, 3.05) is 97.9 Å². The van der Waals surface area contributed by atoms with Gasteiger partial charge in [0.05, 0.1) is 133 Å². The molecule has 83 heavy (non-hydrogen) atoms. The van der Waals surface area contributed by atoms with Crippen molar-refractivity contribution in [3.8, 4) is 24.3 Å². The van der Waals surface area contributed by atoms with Gasteiger partial charge in [-0.1, -0.05) is 30.6 Å². The number of piperidine rings is 2. The molecule has 6 fully saturated rings. The number of hydrogen-bond acceptors (Lipinski definition) is 24. The van der Waals surface area contributed by atoms with E-state index in [0.29, 0.717) is 144 Å². The van der Waals surface area contributed by atoms with Crippen LogP contribution in [0.5, 0.6) is 0 Å². The Morgan fingerprint density at radius 3 is 1.34 bits per heavy atom. The molecule has 12 rings (SSSR count). The maximum atomic E-state index is 12.0. The first-order chi connectivity index (χ1) is 39.9. The molecule has 4 saturated heterocycles. The second-order valence-electron chi connectivity index (χ2n) is 20.5. The van der Waals surface area contributed by atoms with Crippen LogP contribution in [-0.4, -0.2) is 167 Å². The second kappa shape index (κ2) is 25.2. The SMILES string of the molecule is C.COC(=O)N[C@H]1CCN(c2cc(C#N)cc(Nc3nc(NC4CC4)c4ncc(C#N)n4n3)c2Cl)C[C@@H]1NC1COC1.COC(=O)N[C@H]1CCN(c2cc(C#N)cc(Nc3nc(NC4CC4)c4ncc(C#N)n4n3)c2Cl)C[C@H]1NC1COC1. The van der Waals surface area contributed by atoms with Gasteiger partial charge in [-0.3, -0.25) is 0 Å². The van der Waals surface area contributed by atoms with Crippen LogP contribution in [0.15, 0.2) is 36.7 Å². The van der Waals surface area contributed by atoms with Crippen molar-refractivity contribution < 1.29 is 28.5 Å². The molecule has 4 aromatic heterocycles. The van der Waals surface area contributed by atoms with E-state index in [4.69, 9.17) is 42.1 Å². The molecule has 0 unspecified atom stereocenters. The van der Waals surface area contributed by atoms with Crippen LogP contribution in [0.25, 0.3) is 11.3 Å². The predicted molar refractivity (Wildman–Crippen MR) is 305 cm³/mol. The zero-order chi connectivity index (χ0) is 57.0. The molecule has 4 atom stereocenters. The summed E-state index contributed by atoms with van der Waals surface area (Å²) in [5.74, 6) is 1.41. The fraction of sp³-hybridized carbons (Fsp3) is 0.472. The number of carbonyl (C=O) groups is 2. The van der Waals surface area contributed by atoms with Crippen molar-refractivity contribution >= 4 is 93.0 Å². The third-order valence-corrected chi connectivity index (χ3v) is 15.5. The van der Waals surface area contributed by atoms with E-state index in [-0.39, 0.29) is 67.0 Å². The first-order valence-electron chi connectivity index (χ1n) is 26.6. The lowest BCUT2D eigenvalue weighted by Crippen LogP contribution is -2.64. The van der Waals surface area contributed by atoms with Gasteiger partial charge in [0.15, 0.2) is 34.3 Å². The third-order valence-electron chi connectivity index (χ3n) is 14.7. The Labute approximate surface area is 486 Å². The molecular formula is C53H60Cl2N22O6. The maximum absolute atomic E-state index is 12.0. The van der Waals surface area contributed by atoms with Crippen molar-refractivity contribution in [3.05, 3.63) is 69.2 Å². The lowest BCUT2D eigenvalue weighted by molar-refractivity contribution is -0.0124. The fourth-order valence-corrected chi connectivity index (χ4v) is 10.6. The number of benzene rings is 2. The van der Waals surface area contributed by atoms with Gasteiger partial charge in [0.25, 0.3) is 0 Å². The van der Waals surface area contributed by atoms with Crippen LogP contribution in [-0.2, 0) is 18.9 Å². The number of methoxy groups -OCH3 is 2. The molecule has 2 amide bonds. The van der Waals surface area contributed by atoms with E-state index in [9.17, 15) is 30.6 Å². The van der Waals surface area contributed by atoms with Gasteiger partial charge in [-0.2, -0.15) is 40.0 Å². The number of fused-ring (bicyclic) bond motifs is 2. The summed E-state index contributed by atoms with van der Waals surface area (Å²) in [4.78, 5) is 46.0. The number of amides is 2. The molecule has 4 aliphatic heterocycles. The van der Waals surface area contributed by atoms with Crippen molar-refractivity contribution in [2.24, 2.45) is 0 Å². The predicted octanol–water partition coefficient (Wildman–Crippen LogP) is 4.90. The molecule has 0 bridgehead atoms. The van der Waals surface area contributed by atoms with Gasteiger partial charge in [0, 0.05) is 50.3 Å². The highest BCUT2D eigenvalue weighted by molar-refractivity contribution is 6.36. The van der Waals surface area contributed by atoms with Crippen molar-refractivity contribution in [1.29, 1.82) is 21.0 Å². The quantitative estimate of drug-likeness (QED) is 0.0639. The first kappa shape index (κ1) is 57.5. The van der Waals surface area contributed by atoms with Gasteiger partial charge in [-0.25, -0.2) is 19.6 Å². The number of hydrogen-bond donors (Lipinski definition) is 8. The van der Waals surface area contributed by atoms with Crippen LogP contribution in [0, 0.1) is 45.3 Å². The van der Waals surface area contributed by atoms with E-state index in [1.807, 2.05) is 0 Å². The highest BCUT2D eigenvalue weighted by atomic mass is 35.5. The minimum absolute atomic E-state index is 0. The van der Waals surface area contributed by atoms with Gasteiger partial charge >= 0.3 is 12.2 Å². The van der Waals surface area contributed by atoms with Gasteiger partial charge in [0.2, 0.25) is 11.9 Å². The Morgan fingerprint density at radius 2 is 1.00 bits per heavy atom. The molecule has 28 nitrogen and oxygen atoms in total. The largest absolute Gasteiger partial charge is 0.453 e. The lowest BCUT2D eigenvalue weighted by atomic mass is 9.97. The Morgan fingerprint density at radius 1 is 0.590 bits per heavy atom. The van der Waals surface area contributed by atoms with E-state index in [1.54, 1.807) is 24.3 Å². The van der Waals surface area contributed by atoms with Crippen LogP contribution in [0.2, 0.25) is 10.0 Å². The summed E-state index contributed by atoms with van der Waals surface area (Å²) >= 11 is 13.9. The Hall–Kier alpha value is -8.74. The van der Waals surface area contributed by atoms with Crippen LogP contribution in [0.1, 0.15) is 68.5 Å². The minimum atomic E-state index is -0.485. The minimum Gasteiger partial charge on any atom is -0.453 e. The monoisotopic (exact) mass is 1170 g/mol. The van der Waals surface area contributed by atoms with Crippen LogP contribution < -0.4 is 52.3 Å². The first-order valence-corrected chi connectivity index (χ1v) is 27.4. The molecule has 2 aliphatic carbocycles. The van der Waals surface area contributed by atoms with E-state index in [2.05, 4.69) is 107 Å². The third kappa shape index (κ3) is 13.0. The summed E-state index contributed by atoms with van der Waals surface area (Å²) in [6.07, 6.45) is 7.30. The van der Waals surface area contributed by atoms with Crippen LogP contribution in [0.4, 0.5) is 55.9 Å². The lowest BCUT2D eigenvalue weighted by Gasteiger charge is -2.43. The van der Waals surface area contributed by atoms with Gasteiger partial charge in [-0.05, 0) is 62.8 Å². The van der Waals surface area contributed by atoms with Gasteiger partial charge in [0.1, 0.15) is 12.1 Å². The number of carbonyl (C=O) groups excluding carboxylic acids is 2. The van der Waals surface area contributed by atoms with Crippen molar-refractivity contribution in [1.82, 2.24) is 60.4 Å². The number of nitriles is 4. The van der Waals surface area contributed by atoms with Gasteiger partial charge < -0.3 is 71.3 Å². The number of aromatic nitrogens is 8. The fourth-order valence-electron chi connectivity index (χ4n) is 10.0. The van der Waals surface area contributed by atoms with E-state index >= 15 is 0 Å². The standard InChI is InChI=1S/2C26H28ClN11O3.CH4/c2*1-40-26(39)34-18-4-5-37(11-20(18)31-16-12-41-13-16)21-7-14(8-28)6-19(22(21)27)33-25-35-23(32-15-2-3-15)24-30-10-17(9-29)38(24)36-25;/h2*6-7,10,15-16,18,20,31H,2-5,11-13H2,1H3,(H,34,39)(H2,32,33,35,36);1H4/t18-,20+;18-,20-;/m00./s1. The average Bonchev–Trinajstić information content (AvgIpc) is 4.41. The Kier molecular flexibility index (Phi) is 17.4. The molecule has 6 aromatic rings. The molecular weight excluding hydrogens is 1110 g/mol. The molecule has 432 valence electrons. The van der Waals surface area contributed by atoms with Crippen molar-refractivity contribution in [2.45, 2.75) is 94.3 Å². The highest BCUT2D eigenvalue weighted by Gasteiger charge is 2.37. The summed E-state index contributed by atoms with van der Waals surface area (Å²) in [5.41, 5.74) is 4.46. The topological polar surface area (TPSA) is 355 Å². The number of anilines is 8.